The lowest BCUT2D eigenvalue weighted by Gasteiger charge is -2.12. The minimum absolute atomic E-state index is 0.522. The summed E-state index contributed by atoms with van der Waals surface area (Å²) in [6.07, 6.45) is 3.87. The lowest BCUT2D eigenvalue weighted by Crippen LogP contribution is -2.37. The molecule has 1 heterocycles. The van der Waals surface area contributed by atoms with Crippen LogP contribution in [0.25, 0.3) is 0 Å². The Labute approximate surface area is 179 Å². The zero-order valence-corrected chi connectivity index (χ0v) is 18.3. The van der Waals surface area contributed by atoms with Crippen molar-refractivity contribution in [2.75, 3.05) is 32.9 Å². The molecule has 164 valence electrons. The molecule has 0 unspecified atom stereocenters. The highest BCUT2D eigenvalue weighted by atomic mass is 16.5. The van der Waals surface area contributed by atoms with Gasteiger partial charge in [0.25, 0.3) is 0 Å². The number of rotatable bonds is 13. The second-order valence-corrected chi connectivity index (χ2v) is 6.51. The Hall–Kier alpha value is -2.80. The standard InChI is InChI=1S/C23H34N4O3/c1-4-24-23(25-15-9-10-16-28-5-2)27-18-19-13-14-22(26-17-19)30-21-12-8-7-11-20(21)29-6-3/h7-8,11-14,17H,4-6,9-10,15-16,18H2,1-3H3,(H2,24,25,27). The van der Waals surface area contributed by atoms with Crippen LogP contribution in [0.15, 0.2) is 47.6 Å². The number of aliphatic imine (C=N–C) groups is 1. The number of benzene rings is 1. The SMILES string of the molecule is CCNC(=NCc1ccc(Oc2ccccc2OCC)nc1)NCCCCOCC. The number of aromatic nitrogens is 1. The Morgan fingerprint density at radius 3 is 2.50 bits per heavy atom. The fourth-order valence-corrected chi connectivity index (χ4v) is 2.68. The smallest absolute Gasteiger partial charge is 0.219 e. The van der Waals surface area contributed by atoms with Crippen LogP contribution in [0.4, 0.5) is 0 Å². The van der Waals surface area contributed by atoms with Crippen LogP contribution in [0.5, 0.6) is 17.4 Å². The maximum absolute atomic E-state index is 5.87. The van der Waals surface area contributed by atoms with E-state index in [1.165, 1.54) is 0 Å². The van der Waals surface area contributed by atoms with Gasteiger partial charge in [0.05, 0.1) is 13.2 Å². The van der Waals surface area contributed by atoms with E-state index in [1.807, 2.05) is 50.2 Å². The highest BCUT2D eigenvalue weighted by molar-refractivity contribution is 5.79. The molecule has 0 aliphatic carbocycles. The summed E-state index contributed by atoms with van der Waals surface area (Å²) < 4.78 is 16.8. The quantitative estimate of drug-likeness (QED) is 0.291. The topological polar surface area (TPSA) is 77.0 Å². The molecule has 1 aromatic heterocycles. The van der Waals surface area contributed by atoms with Crippen LogP contribution in [0, 0.1) is 0 Å². The summed E-state index contributed by atoms with van der Waals surface area (Å²) in [5.74, 6) is 2.69. The van der Waals surface area contributed by atoms with Crippen LogP contribution < -0.4 is 20.1 Å². The zero-order chi connectivity index (χ0) is 21.4. The number of hydrogen-bond acceptors (Lipinski definition) is 5. The number of unbranched alkanes of at least 4 members (excludes halogenated alkanes) is 1. The Kier molecular flexibility index (Phi) is 11.1. The van der Waals surface area contributed by atoms with Gasteiger partial charge in [-0.2, -0.15) is 0 Å². The zero-order valence-electron chi connectivity index (χ0n) is 18.3. The van der Waals surface area contributed by atoms with Crippen molar-refractivity contribution >= 4 is 5.96 Å². The Bertz CT molecular complexity index is 750. The van der Waals surface area contributed by atoms with Gasteiger partial charge in [-0.3, -0.25) is 0 Å². The third-order valence-electron chi connectivity index (χ3n) is 4.14. The highest BCUT2D eigenvalue weighted by Crippen LogP contribution is 2.30. The predicted octanol–water partition coefficient (Wildman–Crippen LogP) is 4.14. The molecule has 7 heteroatoms. The van der Waals surface area contributed by atoms with Crippen LogP contribution in [-0.4, -0.2) is 43.9 Å². The van der Waals surface area contributed by atoms with Gasteiger partial charge in [0.1, 0.15) is 0 Å². The van der Waals surface area contributed by atoms with Crippen LogP contribution >= 0.6 is 0 Å². The molecular weight excluding hydrogens is 380 g/mol. The number of guanidine groups is 1. The van der Waals surface area contributed by atoms with Gasteiger partial charge in [-0.25, -0.2) is 9.98 Å². The van der Waals surface area contributed by atoms with Gasteiger partial charge in [-0.05, 0) is 51.3 Å². The molecule has 2 aromatic rings. The van der Waals surface area contributed by atoms with E-state index < -0.39 is 0 Å². The van der Waals surface area contributed by atoms with Crippen LogP contribution in [0.1, 0.15) is 39.2 Å². The van der Waals surface area contributed by atoms with Gasteiger partial charge in [0.2, 0.25) is 5.88 Å². The molecule has 0 atom stereocenters. The number of ether oxygens (including phenoxy) is 3. The molecule has 0 saturated heterocycles. The molecule has 2 rings (SSSR count). The second-order valence-electron chi connectivity index (χ2n) is 6.51. The average Bonchev–Trinajstić information content (AvgIpc) is 2.77. The molecule has 2 N–H and O–H groups in total. The fourth-order valence-electron chi connectivity index (χ4n) is 2.68. The lowest BCUT2D eigenvalue weighted by molar-refractivity contribution is 0.143. The van der Waals surface area contributed by atoms with Crippen molar-refractivity contribution in [3.05, 3.63) is 48.2 Å². The number of para-hydroxylation sites is 2. The summed E-state index contributed by atoms with van der Waals surface area (Å²) in [5.41, 5.74) is 1.01. The first-order valence-corrected chi connectivity index (χ1v) is 10.7. The predicted molar refractivity (Wildman–Crippen MR) is 120 cm³/mol. The largest absolute Gasteiger partial charge is 0.490 e. The van der Waals surface area contributed by atoms with Crippen LogP contribution in [0.2, 0.25) is 0 Å². The van der Waals surface area contributed by atoms with Crippen molar-refractivity contribution in [3.8, 4) is 17.4 Å². The molecule has 7 nitrogen and oxygen atoms in total. The van der Waals surface area contributed by atoms with Gasteiger partial charge < -0.3 is 24.8 Å². The van der Waals surface area contributed by atoms with Crippen LogP contribution in [-0.2, 0) is 11.3 Å². The van der Waals surface area contributed by atoms with Gasteiger partial charge in [-0.15, -0.1) is 0 Å². The van der Waals surface area contributed by atoms with E-state index in [2.05, 4.69) is 27.5 Å². The number of hydrogen-bond donors (Lipinski definition) is 2. The summed E-state index contributed by atoms with van der Waals surface area (Å²) in [7, 11) is 0. The Morgan fingerprint density at radius 2 is 1.80 bits per heavy atom. The van der Waals surface area contributed by atoms with Crippen molar-refractivity contribution in [1.29, 1.82) is 0 Å². The van der Waals surface area contributed by atoms with E-state index in [1.54, 1.807) is 6.20 Å². The minimum atomic E-state index is 0.522. The fraction of sp³-hybridized carbons (Fsp3) is 0.478. The Morgan fingerprint density at radius 1 is 0.967 bits per heavy atom. The third-order valence-corrected chi connectivity index (χ3v) is 4.14. The summed E-state index contributed by atoms with van der Waals surface area (Å²) in [5, 5.41) is 6.62. The van der Waals surface area contributed by atoms with Crippen molar-refractivity contribution in [3.63, 3.8) is 0 Å². The minimum Gasteiger partial charge on any atom is -0.490 e. The maximum atomic E-state index is 5.87. The summed E-state index contributed by atoms with van der Waals surface area (Å²) >= 11 is 0. The maximum Gasteiger partial charge on any atom is 0.219 e. The first-order valence-electron chi connectivity index (χ1n) is 10.7. The normalized spacial score (nSPS) is 11.2. The molecule has 0 bridgehead atoms. The molecule has 0 aliphatic heterocycles. The van der Waals surface area contributed by atoms with Gasteiger partial charge in [-0.1, -0.05) is 18.2 Å². The molecule has 0 fully saturated rings. The molecule has 1 aromatic carbocycles. The molecule has 0 aliphatic rings. The summed E-state index contributed by atoms with van der Waals surface area (Å²) in [6.45, 7) is 10.4. The van der Waals surface area contributed by atoms with Crippen molar-refractivity contribution in [1.82, 2.24) is 15.6 Å². The first-order chi connectivity index (χ1) is 14.8. The first kappa shape index (κ1) is 23.5. The highest BCUT2D eigenvalue weighted by Gasteiger charge is 2.06. The number of pyridine rings is 1. The van der Waals surface area contributed by atoms with E-state index in [-0.39, 0.29) is 0 Å². The summed E-state index contributed by atoms with van der Waals surface area (Å²) in [6, 6.07) is 11.4. The number of nitrogens with one attached hydrogen (secondary N) is 2. The van der Waals surface area contributed by atoms with E-state index in [0.717, 1.165) is 50.7 Å². The van der Waals surface area contributed by atoms with E-state index >= 15 is 0 Å². The van der Waals surface area contributed by atoms with Gasteiger partial charge >= 0.3 is 0 Å². The summed E-state index contributed by atoms with van der Waals surface area (Å²) in [4.78, 5) is 9.03. The molecular formula is C23H34N4O3. The van der Waals surface area contributed by atoms with E-state index in [9.17, 15) is 0 Å². The average molecular weight is 415 g/mol. The number of nitrogens with zero attached hydrogens (tertiary/aromatic N) is 2. The van der Waals surface area contributed by atoms with Gasteiger partial charge in [0, 0.05) is 38.6 Å². The van der Waals surface area contributed by atoms with Crippen molar-refractivity contribution < 1.29 is 14.2 Å². The van der Waals surface area contributed by atoms with Crippen LogP contribution in [0.3, 0.4) is 0 Å². The lowest BCUT2D eigenvalue weighted by atomic mass is 10.3. The second kappa shape index (κ2) is 14.2. The molecule has 0 spiro atoms. The van der Waals surface area contributed by atoms with Gasteiger partial charge in [0.15, 0.2) is 17.5 Å². The monoisotopic (exact) mass is 414 g/mol. The Balaban J connectivity index is 1.87. The van der Waals surface area contributed by atoms with Crippen molar-refractivity contribution in [2.45, 2.75) is 40.2 Å². The third kappa shape index (κ3) is 8.69. The van der Waals surface area contributed by atoms with E-state index in [0.29, 0.717) is 30.5 Å². The van der Waals surface area contributed by atoms with Crippen molar-refractivity contribution in [2.24, 2.45) is 4.99 Å². The molecule has 0 saturated carbocycles. The molecule has 0 amide bonds. The molecule has 30 heavy (non-hydrogen) atoms. The molecule has 0 radical (unpaired) electrons. The van der Waals surface area contributed by atoms with E-state index in [4.69, 9.17) is 14.2 Å².